The molecule has 1 N–H and O–H groups in total. The molecule has 1 aromatic heterocycles. The molecule has 27 heavy (non-hydrogen) atoms. The van der Waals surface area contributed by atoms with E-state index in [1.165, 1.54) is 18.4 Å². The number of nitrogens with one attached hydrogen (secondary N) is 1. The number of benzene rings is 2. The van der Waals surface area contributed by atoms with Gasteiger partial charge in [-0.05, 0) is 29.8 Å². The van der Waals surface area contributed by atoms with E-state index in [9.17, 15) is 4.79 Å². The van der Waals surface area contributed by atoms with Crippen molar-refractivity contribution >= 4 is 22.4 Å². The first kappa shape index (κ1) is 18.7. The van der Waals surface area contributed by atoms with Crippen LogP contribution < -0.4 is 19.5 Å². The number of aromatic nitrogens is 2. The van der Waals surface area contributed by atoms with Crippen LogP contribution in [0, 0.1) is 0 Å². The predicted octanol–water partition coefficient (Wildman–Crippen LogP) is 3.41. The summed E-state index contributed by atoms with van der Waals surface area (Å²) in [5, 5.41) is 12.2. The lowest BCUT2D eigenvalue weighted by molar-refractivity contribution is 0.102. The molecule has 0 unspecified atom stereocenters. The quantitative estimate of drug-likeness (QED) is 0.671. The molecule has 0 spiro atoms. The number of anilines is 1. The fourth-order valence-corrected chi connectivity index (χ4v) is 3.31. The standard InChI is InChI=1S/C19H19N3O4S/c1-24-14-7-5-4-6-13(14)18(23)20-19-22-21-17(27-19)11-12-8-9-15(25-2)16(10-12)26-3/h4-10H,11H2,1-3H3,(H,20,22,23). The molecule has 0 saturated heterocycles. The average Bonchev–Trinajstić information content (AvgIpc) is 3.14. The van der Waals surface area contributed by atoms with Crippen molar-refractivity contribution < 1.29 is 19.0 Å². The maximum absolute atomic E-state index is 12.4. The summed E-state index contributed by atoms with van der Waals surface area (Å²) in [5.41, 5.74) is 1.45. The highest BCUT2D eigenvalue weighted by molar-refractivity contribution is 7.15. The number of para-hydroxylation sites is 1. The number of rotatable bonds is 7. The first-order chi connectivity index (χ1) is 13.1. The number of amides is 1. The van der Waals surface area contributed by atoms with Crippen LogP contribution in [0.25, 0.3) is 0 Å². The maximum atomic E-state index is 12.4. The van der Waals surface area contributed by atoms with Crippen molar-refractivity contribution in [2.75, 3.05) is 26.6 Å². The molecule has 3 rings (SSSR count). The molecule has 0 saturated carbocycles. The molecular weight excluding hydrogens is 366 g/mol. The van der Waals surface area contributed by atoms with Crippen LogP contribution in [0.4, 0.5) is 5.13 Å². The van der Waals surface area contributed by atoms with Crippen LogP contribution in [0.5, 0.6) is 17.2 Å². The second-order valence-corrected chi connectivity index (χ2v) is 6.58. The third kappa shape index (κ3) is 4.35. The highest BCUT2D eigenvalue weighted by Gasteiger charge is 2.15. The van der Waals surface area contributed by atoms with E-state index < -0.39 is 0 Å². The SMILES string of the molecule is COc1ccc(Cc2nnc(NC(=O)c3ccccc3OC)s2)cc1OC. The van der Waals surface area contributed by atoms with Gasteiger partial charge in [0.15, 0.2) is 11.5 Å². The number of methoxy groups -OCH3 is 3. The van der Waals surface area contributed by atoms with Gasteiger partial charge in [0.05, 0.1) is 26.9 Å². The van der Waals surface area contributed by atoms with Crippen molar-refractivity contribution in [2.45, 2.75) is 6.42 Å². The minimum absolute atomic E-state index is 0.290. The average molecular weight is 385 g/mol. The Hall–Kier alpha value is -3.13. The molecule has 8 heteroatoms. The minimum atomic E-state index is -0.290. The molecule has 0 bridgehead atoms. The van der Waals surface area contributed by atoms with E-state index in [-0.39, 0.29) is 5.91 Å². The van der Waals surface area contributed by atoms with Crippen molar-refractivity contribution in [3.63, 3.8) is 0 Å². The van der Waals surface area contributed by atoms with Gasteiger partial charge in [0.25, 0.3) is 5.91 Å². The molecular formula is C19H19N3O4S. The summed E-state index contributed by atoms with van der Waals surface area (Å²) in [6, 6.07) is 12.7. The van der Waals surface area contributed by atoms with Crippen LogP contribution in [-0.2, 0) is 6.42 Å². The summed E-state index contributed by atoms with van der Waals surface area (Å²) in [6.45, 7) is 0. The molecule has 0 aliphatic heterocycles. The highest BCUT2D eigenvalue weighted by Crippen LogP contribution is 2.29. The van der Waals surface area contributed by atoms with Crippen LogP contribution >= 0.6 is 11.3 Å². The highest BCUT2D eigenvalue weighted by atomic mass is 32.1. The molecule has 1 amide bonds. The molecule has 0 fully saturated rings. The Bertz CT molecular complexity index is 942. The van der Waals surface area contributed by atoms with Crippen molar-refractivity contribution in [1.29, 1.82) is 0 Å². The third-order valence-corrected chi connectivity index (χ3v) is 4.68. The summed E-state index contributed by atoms with van der Waals surface area (Å²) < 4.78 is 15.8. The Labute approximate surface area is 160 Å². The molecule has 0 radical (unpaired) electrons. The van der Waals surface area contributed by atoms with E-state index in [0.717, 1.165) is 10.6 Å². The summed E-state index contributed by atoms with van der Waals surface area (Å²) >= 11 is 1.32. The van der Waals surface area contributed by atoms with Gasteiger partial charge in [-0.3, -0.25) is 10.1 Å². The number of hydrogen-bond acceptors (Lipinski definition) is 7. The fourth-order valence-electron chi connectivity index (χ4n) is 2.54. The lowest BCUT2D eigenvalue weighted by atomic mass is 10.1. The van der Waals surface area contributed by atoms with Crippen LogP contribution in [-0.4, -0.2) is 37.4 Å². The zero-order chi connectivity index (χ0) is 19.2. The van der Waals surface area contributed by atoms with Crippen molar-refractivity contribution in [3.8, 4) is 17.2 Å². The first-order valence-electron chi connectivity index (χ1n) is 8.12. The lowest BCUT2D eigenvalue weighted by Crippen LogP contribution is -2.12. The van der Waals surface area contributed by atoms with E-state index >= 15 is 0 Å². The molecule has 0 aliphatic carbocycles. The number of carbonyl (C=O) groups is 1. The first-order valence-corrected chi connectivity index (χ1v) is 8.94. The Morgan fingerprint density at radius 2 is 1.70 bits per heavy atom. The number of hydrogen-bond donors (Lipinski definition) is 1. The topological polar surface area (TPSA) is 82.6 Å². The number of ether oxygens (including phenoxy) is 3. The van der Waals surface area contributed by atoms with Gasteiger partial charge in [-0.25, -0.2) is 0 Å². The fraction of sp³-hybridized carbons (Fsp3) is 0.211. The van der Waals surface area contributed by atoms with Crippen molar-refractivity contribution in [2.24, 2.45) is 0 Å². The zero-order valence-electron chi connectivity index (χ0n) is 15.2. The molecule has 140 valence electrons. The summed E-state index contributed by atoms with van der Waals surface area (Å²) in [5.74, 6) is 1.54. The van der Waals surface area contributed by atoms with Crippen molar-refractivity contribution in [3.05, 3.63) is 58.6 Å². The van der Waals surface area contributed by atoms with Gasteiger partial charge in [-0.1, -0.05) is 29.5 Å². The van der Waals surface area contributed by atoms with Gasteiger partial charge >= 0.3 is 0 Å². The van der Waals surface area contributed by atoms with Gasteiger partial charge in [-0.15, -0.1) is 10.2 Å². The number of carbonyl (C=O) groups excluding carboxylic acids is 1. The minimum Gasteiger partial charge on any atom is -0.496 e. The normalized spacial score (nSPS) is 10.3. The summed E-state index contributed by atoms with van der Waals surface area (Å²) in [7, 11) is 4.72. The Balaban J connectivity index is 1.71. The van der Waals surface area contributed by atoms with Gasteiger partial charge < -0.3 is 14.2 Å². The molecule has 1 heterocycles. The Morgan fingerprint density at radius 3 is 2.44 bits per heavy atom. The van der Waals surface area contributed by atoms with Gasteiger partial charge in [0.2, 0.25) is 5.13 Å². The summed E-state index contributed by atoms with van der Waals surface area (Å²) in [6.07, 6.45) is 0.572. The second kappa shape index (κ2) is 8.50. The molecule has 7 nitrogen and oxygen atoms in total. The molecule has 0 atom stereocenters. The van der Waals surface area contributed by atoms with E-state index in [4.69, 9.17) is 14.2 Å². The second-order valence-electron chi connectivity index (χ2n) is 5.52. The van der Waals surface area contributed by atoms with E-state index in [2.05, 4.69) is 15.5 Å². The molecule has 2 aromatic carbocycles. The third-order valence-electron chi connectivity index (χ3n) is 3.84. The van der Waals surface area contributed by atoms with Crippen LogP contribution in [0.1, 0.15) is 20.9 Å². The lowest BCUT2D eigenvalue weighted by Gasteiger charge is -2.08. The van der Waals surface area contributed by atoms with E-state index in [1.807, 2.05) is 24.3 Å². The number of nitrogens with zero attached hydrogens (tertiary/aromatic N) is 2. The zero-order valence-corrected chi connectivity index (χ0v) is 16.0. The van der Waals surface area contributed by atoms with Crippen LogP contribution in [0.15, 0.2) is 42.5 Å². The molecule has 0 aliphatic rings. The Morgan fingerprint density at radius 1 is 0.963 bits per heavy atom. The van der Waals surface area contributed by atoms with Gasteiger partial charge in [0, 0.05) is 6.42 Å². The van der Waals surface area contributed by atoms with E-state index in [1.54, 1.807) is 32.4 Å². The smallest absolute Gasteiger partial charge is 0.261 e. The van der Waals surface area contributed by atoms with Gasteiger partial charge in [0.1, 0.15) is 10.8 Å². The monoisotopic (exact) mass is 385 g/mol. The van der Waals surface area contributed by atoms with Crippen molar-refractivity contribution in [1.82, 2.24) is 10.2 Å². The predicted molar refractivity (Wildman–Crippen MR) is 103 cm³/mol. The van der Waals surface area contributed by atoms with Gasteiger partial charge in [-0.2, -0.15) is 0 Å². The van der Waals surface area contributed by atoms with E-state index in [0.29, 0.717) is 34.4 Å². The van der Waals surface area contributed by atoms with Crippen LogP contribution in [0.3, 0.4) is 0 Å². The summed E-state index contributed by atoms with van der Waals surface area (Å²) in [4.78, 5) is 12.4. The maximum Gasteiger partial charge on any atom is 0.261 e. The largest absolute Gasteiger partial charge is 0.496 e. The van der Waals surface area contributed by atoms with Crippen LogP contribution in [0.2, 0.25) is 0 Å². The molecule has 3 aromatic rings. The Kier molecular flexibility index (Phi) is 5.87.